The van der Waals surface area contributed by atoms with E-state index >= 15 is 0 Å². The van der Waals surface area contributed by atoms with E-state index in [-0.39, 0.29) is 12.2 Å². The molecule has 0 amide bonds. The molecule has 0 heterocycles. The quantitative estimate of drug-likeness (QED) is 0.338. The number of rotatable bonds is 11. The molecule has 142 valence electrons. The van der Waals surface area contributed by atoms with Crippen LogP contribution < -0.4 is 4.74 Å². The fourth-order valence-corrected chi connectivity index (χ4v) is 2.56. The molecule has 2 aromatic rings. The van der Waals surface area contributed by atoms with E-state index in [1.54, 1.807) is 24.3 Å². The first-order valence-corrected chi connectivity index (χ1v) is 9.34. The summed E-state index contributed by atoms with van der Waals surface area (Å²) in [6.07, 6.45) is 6.95. The van der Waals surface area contributed by atoms with E-state index in [2.05, 4.69) is 6.92 Å². The van der Waals surface area contributed by atoms with Gasteiger partial charge in [0, 0.05) is 12.0 Å². The van der Waals surface area contributed by atoms with Crippen LogP contribution in [0.25, 0.3) is 6.08 Å². The minimum absolute atomic E-state index is 0.0599. The highest BCUT2D eigenvalue weighted by atomic mass is 16.5. The number of ketones is 1. The van der Waals surface area contributed by atoms with Crippen molar-refractivity contribution in [1.82, 2.24) is 0 Å². The average molecular weight is 366 g/mol. The molecule has 2 aromatic carbocycles. The molecule has 0 bridgehead atoms. The van der Waals surface area contributed by atoms with Crippen molar-refractivity contribution in [1.29, 1.82) is 0 Å². The molecule has 0 saturated carbocycles. The van der Waals surface area contributed by atoms with Crippen LogP contribution in [0.5, 0.6) is 5.75 Å². The highest BCUT2D eigenvalue weighted by Gasteiger charge is 2.03. The first-order chi connectivity index (χ1) is 13.1. The Bertz CT molecular complexity index is 758. The second-order valence-corrected chi connectivity index (χ2v) is 6.41. The molecule has 0 atom stereocenters. The molecule has 0 aliphatic heterocycles. The summed E-state index contributed by atoms with van der Waals surface area (Å²) in [6.45, 7) is 2.84. The third-order valence-electron chi connectivity index (χ3n) is 4.17. The van der Waals surface area contributed by atoms with Gasteiger partial charge in [0.15, 0.2) is 5.78 Å². The van der Waals surface area contributed by atoms with Gasteiger partial charge in [-0.25, -0.2) is 0 Å². The molecule has 27 heavy (non-hydrogen) atoms. The zero-order valence-electron chi connectivity index (χ0n) is 15.7. The van der Waals surface area contributed by atoms with Gasteiger partial charge in [0.1, 0.15) is 5.75 Å². The number of hydrogen-bond donors (Lipinski definition) is 1. The molecular weight excluding hydrogens is 340 g/mol. The van der Waals surface area contributed by atoms with Gasteiger partial charge in [-0.2, -0.15) is 0 Å². The van der Waals surface area contributed by atoms with Gasteiger partial charge >= 0.3 is 5.97 Å². The number of ether oxygens (including phenoxy) is 1. The predicted molar refractivity (Wildman–Crippen MR) is 107 cm³/mol. The van der Waals surface area contributed by atoms with Crippen molar-refractivity contribution in [3.05, 3.63) is 71.3 Å². The van der Waals surface area contributed by atoms with Crippen LogP contribution in [0.1, 0.15) is 54.1 Å². The molecule has 0 fully saturated rings. The van der Waals surface area contributed by atoms with Crippen LogP contribution in [0, 0.1) is 0 Å². The Balaban J connectivity index is 1.87. The molecule has 4 nitrogen and oxygen atoms in total. The fraction of sp³-hybridized carbons (Fsp3) is 0.304. The maximum Gasteiger partial charge on any atom is 0.303 e. The van der Waals surface area contributed by atoms with E-state index in [1.807, 2.05) is 36.4 Å². The van der Waals surface area contributed by atoms with E-state index in [4.69, 9.17) is 9.84 Å². The van der Waals surface area contributed by atoms with E-state index in [1.165, 1.54) is 0 Å². The largest absolute Gasteiger partial charge is 0.494 e. The lowest BCUT2D eigenvalue weighted by molar-refractivity contribution is -0.137. The summed E-state index contributed by atoms with van der Waals surface area (Å²) in [6, 6.07) is 15.0. The minimum Gasteiger partial charge on any atom is -0.494 e. The molecule has 2 rings (SSSR count). The molecule has 0 aliphatic rings. The van der Waals surface area contributed by atoms with Crippen LogP contribution in [-0.2, 0) is 11.2 Å². The number of carbonyl (C=O) groups excluding carboxylic acids is 1. The highest BCUT2D eigenvalue weighted by molar-refractivity contribution is 6.06. The molecule has 0 saturated heterocycles. The molecule has 0 unspecified atom stereocenters. The second kappa shape index (κ2) is 11.0. The number of allylic oxidation sites excluding steroid dienone is 1. The van der Waals surface area contributed by atoms with Gasteiger partial charge in [0.05, 0.1) is 6.61 Å². The third-order valence-corrected chi connectivity index (χ3v) is 4.17. The monoisotopic (exact) mass is 366 g/mol. The fourth-order valence-electron chi connectivity index (χ4n) is 2.56. The number of carboxylic acid groups (broad SMARTS) is 1. The molecule has 0 spiro atoms. The topological polar surface area (TPSA) is 63.6 Å². The van der Waals surface area contributed by atoms with E-state index in [0.717, 1.165) is 36.3 Å². The van der Waals surface area contributed by atoms with E-state index in [0.29, 0.717) is 18.4 Å². The second-order valence-electron chi connectivity index (χ2n) is 6.41. The maximum atomic E-state index is 12.3. The molecular formula is C23H26O4. The molecule has 0 aliphatic carbocycles. The summed E-state index contributed by atoms with van der Waals surface area (Å²) >= 11 is 0. The van der Waals surface area contributed by atoms with Gasteiger partial charge in [-0.15, -0.1) is 0 Å². The first kappa shape index (κ1) is 20.4. The van der Waals surface area contributed by atoms with Gasteiger partial charge < -0.3 is 9.84 Å². The summed E-state index contributed by atoms with van der Waals surface area (Å²) < 4.78 is 5.62. The lowest BCUT2D eigenvalue weighted by Crippen LogP contribution is -1.97. The predicted octanol–water partition coefficient (Wildman–Crippen LogP) is 5.17. The van der Waals surface area contributed by atoms with Crippen molar-refractivity contribution in [3.63, 3.8) is 0 Å². The smallest absolute Gasteiger partial charge is 0.303 e. The number of carboxylic acids is 1. The number of unbranched alkanes of at least 4 members (excludes halogenated alkanes) is 1. The van der Waals surface area contributed by atoms with Crippen LogP contribution in [0.2, 0.25) is 0 Å². The normalized spacial score (nSPS) is 10.9. The van der Waals surface area contributed by atoms with Crippen LogP contribution in [0.3, 0.4) is 0 Å². The molecule has 0 aromatic heterocycles. The summed E-state index contributed by atoms with van der Waals surface area (Å²) in [5, 5.41) is 8.67. The van der Waals surface area contributed by atoms with Crippen LogP contribution in [0.15, 0.2) is 54.6 Å². The zero-order chi connectivity index (χ0) is 19.5. The Kier molecular flexibility index (Phi) is 8.30. The maximum absolute atomic E-state index is 12.3. The number of carbonyl (C=O) groups is 2. The first-order valence-electron chi connectivity index (χ1n) is 9.34. The minimum atomic E-state index is -0.785. The Hall–Kier alpha value is -2.88. The SMILES string of the molecule is CCCCOc1ccc(/C=C/C(=O)c2ccc(CCCC(=O)O)cc2)cc1. The summed E-state index contributed by atoms with van der Waals surface area (Å²) in [5.41, 5.74) is 2.60. The standard InChI is InChI=1S/C23H26O4/c1-2-3-17-27-21-14-9-19(10-15-21)11-16-22(24)20-12-7-18(8-13-20)5-4-6-23(25)26/h7-16H,2-6,17H2,1H3,(H,25,26)/b16-11+. The highest BCUT2D eigenvalue weighted by Crippen LogP contribution is 2.15. The average Bonchev–Trinajstić information content (AvgIpc) is 2.67. The zero-order valence-corrected chi connectivity index (χ0v) is 15.7. The van der Waals surface area contributed by atoms with Crippen LogP contribution in [0.4, 0.5) is 0 Å². The summed E-state index contributed by atoms with van der Waals surface area (Å²) in [4.78, 5) is 22.8. The number of aliphatic carboxylic acids is 1. The van der Waals surface area contributed by atoms with Crippen molar-refractivity contribution in [3.8, 4) is 5.75 Å². The summed E-state index contributed by atoms with van der Waals surface area (Å²) in [7, 11) is 0. The molecule has 4 heteroatoms. The van der Waals surface area contributed by atoms with Gasteiger partial charge in [0.2, 0.25) is 0 Å². The van der Waals surface area contributed by atoms with Crippen LogP contribution in [-0.4, -0.2) is 23.5 Å². The third kappa shape index (κ3) is 7.48. The number of hydrogen-bond acceptors (Lipinski definition) is 3. The lowest BCUT2D eigenvalue weighted by Gasteiger charge is -2.05. The van der Waals surface area contributed by atoms with Gasteiger partial charge in [-0.05, 0) is 48.6 Å². The van der Waals surface area contributed by atoms with Gasteiger partial charge in [0.25, 0.3) is 0 Å². The van der Waals surface area contributed by atoms with E-state index in [9.17, 15) is 9.59 Å². The Morgan fingerprint density at radius 2 is 1.70 bits per heavy atom. The molecule has 1 N–H and O–H groups in total. The Morgan fingerprint density at radius 3 is 2.33 bits per heavy atom. The Morgan fingerprint density at radius 1 is 1.00 bits per heavy atom. The summed E-state index contributed by atoms with van der Waals surface area (Å²) in [5.74, 6) is -0.00624. The van der Waals surface area contributed by atoms with Crippen molar-refractivity contribution in [2.24, 2.45) is 0 Å². The molecule has 0 radical (unpaired) electrons. The van der Waals surface area contributed by atoms with Gasteiger partial charge in [-0.1, -0.05) is 55.8 Å². The van der Waals surface area contributed by atoms with Gasteiger partial charge in [-0.3, -0.25) is 9.59 Å². The van der Waals surface area contributed by atoms with Crippen molar-refractivity contribution >= 4 is 17.8 Å². The Labute approximate surface area is 160 Å². The number of benzene rings is 2. The lowest BCUT2D eigenvalue weighted by atomic mass is 10.0. The van der Waals surface area contributed by atoms with E-state index < -0.39 is 5.97 Å². The van der Waals surface area contributed by atoms with Crippen molar-refractivity contribution in [2.75, 3.05) is 6.61 Å². The number of aryl methyl sites for hydroxylation is 1. The van der Waals surface area contributed by atoms with Crippen LogP contribution >= 0.6 is 0 Å². The van der Waals surface area contributed by atoms with Crippen molar-refractivity contribution in [2.45, 2.75) is 39.0 Å². The van der Waals surface area contributed by atoms with Crippen molar-refractivity contribution < 1.29 is 19.4 Å².